The number of hydrogen-bond donors (Lipinski definition) is 1. The lowest BCUT2D eigenvalue weighted by Gasteiger charge is -2.10. The molecule has 0 aliphatic heterocycles. The molecule has 6 heteroatoms. The van der Waals surface area contributed by atoms with Gasteiger partial charge >= 0.3 is 0 Å². The molecule has 1 aromatic rings. The van der Waals surface area contributed by atoms with Crippen LogP contribution in [0.1, 0.15) is 11.1 Å². The topological polar surface area (TPSA) is 29.5 Å². The molecule has 1 rings (SSSR count). The van der Waals surface area contributed by atoms with E-state index in [1.54, 1.807) is 0 Å². The third-order valence-corrected chi connectivity index (χ3v) is 2.16. The van der Waals surface area contributed by atoms with Gasteiger partial charge in [-0.2, -0.15) is 0 Å². The van der Waals surface area contributed by atoms with Gasteiger partial charge in [0.05, 0.1) is 18.8 Å². The minimum absolute atomic E-state index is 0.0643. The summed E-state index contributed by atoms with van der Waals surface area (Å²) in [5.41, 5.74) is -1.72. The average molecular weight is 238 g/mol. The molecule has 0 radical (unpaired) electrons. The summed E-state index contributed by atoms with van der Waals surface area (Å²) in [5.74, 6) is -6.10. The van der Waals surface area contributed by atoms with Gasteiger partial charge in [-0.3, -0.25) is 0 Å². The van der Waals surface area contributed by atoms with Gasteiger partial charge in [0, 0.05) is 19.1 Å². The van der Waals surface area contributed by atoms with Gasteiger partial charge in [-0.25, -0.2) is 17.6 Å². The number of methoxy groups -OCH3 is 1. The lowest BCUT2D eigenvalue weighted by molar-refractivity contribution is 0.199. The van der Waals surface area contributed by atoms with Crippen LogP contribution >= 0.6 is 0 Å². The lowest BCUT2D eigenvalue weighted by atomic mass is 10.1. The molecule has 0 aromatic heterocycles. The first-order chi connectivity index (χ1) is 7.54. The summed E-state index contributed by atoms with van der Waals surface area (Å²) in [6, 6.07) is 0. The number of aliphatic hydroxyl groups is 1. The Morgan fingerprint density at radius 3 is 1.75 bits per heavy atom. The van der Waals surface area contributed by atoms with E-state index in [0.29, 0.717) is 0 Å². The van der Waals surface area contributed by atoms with E-state index in [9.17, 15) is 17.6 Å². The third kappa shape index (κ3) is 2.17. The van der Waals surface area contributed by atoms with Gasteiger partial charge in [-0.15, -0.1) is 0 Å². The van der Waals surface area contributed by atoms with Crippen molar-refractivity contribution in [3.63, 3.8) is 0 Å². The van der Waals surface area contributed by atoms with E-state index in [-0.39, 0.29) is 13.0 Å². The highest BCUT2D eigenvalue weighted by molar-refractivity contribution is 5.29. The Kier molecular flexibility index (Phi) is 4.26. The van der Waals surface area contributed by atoms with E-state index < -0.39 is 41.0 Å². The first-order valence-corrected chi connectivity index (χ1v) is 4.48. The number of benzene rings is 1. The molecule has 0 atom stereocenters. The maximum absolute atomic E-state index is 13.3. The highest BCUT2D eigenvalue weighted by atomic mass is 19.2. The third-order valence-electron chi connectivity index (χ3n) is 2.16. The zero-order valence-electron chi connectivity index (χ0n) is 8.49. The Hall–Kier alpha value is -1.14. The van der Waals surface area contributed by atoms with Gasteiger partial charge in [-0.05, 0) is 0 Å². The fourth-order valence-corrected chi connectivity index (χ4v) is 1.29. The van der Waals surface area contributed by atoms with Crippen LogP contribution in [0, 0.1) is 23.3 Å². The minimum Gasteiger partial charge on any atom is -0.391 e. The van der Waals surface area contributed by atoms with Crippen molar-refractivity contribution in [2.75, 3.05) is 13.7 Å². The molecule has 0 saturated carbocycles. The fourth-order valence-electron chi connectivity index (χ4n) is 1.29. The van der Waals surface area contributed by atoms with E-state index in [4.69, 9.17) is 5.11 Å². The standard InChI is InChI=1S/C10H10F4O2/c1-16-3-2-5-7(11)9(13)6(4-15)10(14)8(5)12/h15H,2-4H2,1H3. The molecule has 0 spiro atoms. The zero-order valence-corrected chi connectivity index (χ0v) is 8.49. The average Bonchev–Trinajstić information content (AvgIpc) is 2.27. The molecule has 0 fully saturated rings. The van der Waals surface area contributed by atoms with E-state index in [2.05, 4.69) is 4.74 Å². The van der Waals surface area contributed by atoms with Gasteiger partial charge in [-0.1, -0.05) is 0 Å². The fraction of sp³-hybridized carbons (Fsp3) is 0.400. The predicted octanol–water partition coefficient (Wildman–Crippen LogP) is 1.92. The monoisotopic (exact) mass is 238 g/mol. The summed E-state index contributed by atoms with van der Waals surface area (Å²) in [5, 5.41) is 8.58. The van der Waals surface area contributed by atoms with Crippen molar-refractivity contribution >= 4 is 0 Å². The molecule has 0 aliphatic carbocycles. The van der Waals surface area contributed by atoms with E-state index in [0.717, 1.165) is 0 Å². The summed E-state index contributed by atoms with van der Waals surface area (Å²) >= 11 is 0. The molecule has 16 heavy (non-hydrogen) atoms. The molecule has 0 heterocycles. The molecular formula is C10H10F4O2. The second kappa shape index (κ2) is 5.27. The largest absolute Gasteiger partial charge is 0.391 e. The first kappa shape index (κ1) is 12.9. The molecule has 90 valence electrons. The van der Waals surface area contributed by atoms with Gasteiger partial charge in [0.1, 0.15) is 0 Å². The highest BCUT2D eigenvalue weighted by Gasteiger charge is 2.24. The maximum Gasteiger partial charge on any atom is 0.167 e. The molecule has 1 aromatic carbocycles. The Labute approximate surface area is 89.5 Å². The molecule has 0 amide bonds. The number of aliphatic hydroxyl groups excluding tert-OH is 1. The predicted molar refractivity (Wildman–Crippen MR) is 47.8 cm³/mol. The van der Waals surface area contributed by atoms with Crippen LogP contribution in [0.5, 0.6) is 0 Å². The molecule has 0 unspecified atom stereocenters. The summed E-state index contributed by atoms with van der Waals surface area (Å²) in [7, 11) is 1.30. The summed E-state index contributed by atoms with van der Waals surface area (Å²) in [4.78, 5) is 0. The van der Waals surface area contributed by atoms with Gasteiger partial charge in [0.15, 0.2) is 23.3 Å². The van der Waals surface area contributed by atoms with Crippen LogP contribution in [0.3, 0.4) is 0 Å². The Morgan fingerprint density at radius 2 is 1.38 bits per heavy atom. The van der Waals surface area contributed by atoms with Gasteiger partial charge < -0.3 is 9.84 Å². The highest BCUT2D eigenvalue weighted by Crippen LogP contribution is 2.24. The van der Waals surface area contributed by atoms with Crippen LogP contribution in [0.2, 0.25) is 0 Å². The number of halogens is 4. The first-order valence-electron chi connectivity index (χ1n) is 4.48. The normalized spacial score (nSPS) is 10.9. The molecule has 2 nitrogen and oxygen atoms in total. The summed E-state index contributed by atoms with van der Waals surface area (Å²) < 4.78 is 57.4. The van der Waals surface area contributed by atoms with Crippen LogP contribution in [-0.2, 0) is 17.8 Å². The van der Waals surface area contributed by atoms with Crippen molar-refractivity contribution in [1.29, 1.82) is 0 Å². The van der Waals surface area contributed by atoms with E-state index in [1.807, 2.05) is 0 Å². The molecule has 1 N–H and O–H groups in total. The summed E-state index contributed by atoms with van der Waals surface area (Å²) in [6.07, 6.45) is -0.284. The number of rotatable bonds is 4. The Bertz CT molecular complexity index is 364. The van der Waals surface area contributed by atoms with Crippen molar-refractivity contribution < 1.29 is 27.4 Å². The van der Waals surface area contributed by atoms with Crippen molar-refractivity contribution in [1.82, 2.24) is 0 Å². The lowest BCUT2D eigenvalue weighted by Crippen LogP contribution is -2.10. The quantitative estimate of drug-likeness (QED) is 0.641. The van der Waals surface area contributed by atoms with E-state index in [1.165, 1.54) is 7.11 Å². The van der Waals surface area contributed by atoms with E-state index >= 15 is 0 Å². The minimum atomic E-state index is -1.56. The molecule has 0 bridgehead atoms. The SMILES string of the molecule is COCCc1c(F)c(F)c(CO)c(F)c1F. The van der Waals surface area contributed by atoms with Crippen molar-refractivity contribution in [2.24, 2.45) is 0 Å². The van der Waals surface area contributed by atoms with Crippen molar-refractivity contribution in [3.8, 4) is 0 Å². The molecule has 0 aliphatic rings. The molecule has 0 saturated heterocycles. The van der Waals surface area contributed by atoms with Gasteiger partial charge in [0.25, 0.3) is 0 Å². The van der Waals surface area contributed by atoms with Crippen LogP contribution < -0.4 is 0 Å². The number of ether oxygens (including phenoxy) is 1. The Morgan fingerprint density at radius 1 is 0.938 bits per heavy atom. The smallest absolute Gasteiger partial charge is 0.167 e. The maximum atomic E-state index is 13.3. The Balaban J connectivity index is 3.29. The van der Waals surface area contributed by atoms with Crippen LogP contribution in [0.4, 0.5) is 17.6 Å². The second-order valence-corrected chi connectivity index (χ2v) is 3.11. The van der Waals surface area contributed by atoms with Crippen molar-refractivity contribution in [3.05, 3.63) is 34.4 Å². The van der Waals surface area contributed by atoms with Crippen LogP contribution in [-0.4, -0.2) is 18.8 Å². The zero-order chi connectivity index (χ0) is 12.3. The molecular weight excluding hydrogens is 228 g/mol. The van der Waals surface area contributed by atoms with Crippen LogP contribution in [0.25, 0.3) is 0 Å². The summed E-state index contributed by atoms with van der Waals surface area (Å²) in [6.45, 7) is -1.17. The number of hydrogen-bond acceptors (Lipinski definition) is 2. The van der Waals surface area contributed by atoms with Gasteiger partial charge in [0.2, 0.25) is 0 Å². The van der Waals surface area contributed by atoms with Crippen molar-refractivity contribution in [2.45, 2.75) is 13.0 Å². The van der Waals surface area contributed by atoms with Crippen LogP contribution in [0.15, 0.2) is 0 Å². The second-order valence-electron chi connectivity index (χ2n) is 3.11.